The smallest absolute Gasteiger partial charge is 0.241 e. The molecule has 2 aliphatic rings. The second kappa shape index (κ2) is 7.10. The van der Waals surface area contributed by atoms with Crippen LogP contribution in [-0.4, -0.2) is 37.6 Å². The summed E-state index contributed by atoms with van der Waals surface area (Å²) in [5.74, 6) is 0.112. The van der Waals surface area contributed by atoms with Crippen molar-refractivity contribution in [3.8, 4) is 0 Å². The largest absolute Gasteiger partial charge is 0.381 e. The molecule has 2 fully saturated rings. The molecule has 3 rings (SSSR count). The van der Waals surface area contributed by atoms with Crippen molar-refractivity contribution in [1.82, 2.24) is 0 Å². The van der Waals surface area contributed by atoms with Gasteiger partial charge >= 0.3 is 0 Å². The molecule has 6 heteroatoms. The van der Waals surface area contributed by atoms with E-state index in [9.17, 15) is 9.59 Å². The third-order valence-corrected chi connectivity index (χ3v) is 4.58. The van der Waals surface area contributed by atoms with Crippen LogP contribution in [0.1, 0.15) is 25.7 Å². The Morgan fingerprint density at radius 3 is 2.83 bits per heavy atom. The van der Waals surface area contributed by atoms with Crippen molar-refractivity contribution in [2.24, 2.45) is 11.7 Å². The number of amides is 2. The highest BCUT2D eigenvalue weighted by Gasteiger charge is 2.27. The van der Waals surface area contributed by atoms with Gasteiger partial charge in [-0.25, -0.2) is 0 Å². The maximum atomic E-state index is 12.4. The highest BCUT2D eigenvalue weighted by atomic mass is 16.5. The number of nitrogens with zero attached hydrogens (tertiary/aromatic N) is 1. The molecular formula is C17H23N3O3. The Morgan fingerprint density at radius 2 is 2.13 bits per heavy atom. The number of anilines is 2. The second-order valence-corrected chi connectivity index (χ2v) is 6.16. The molecule has 124 valence electrons. The molecule has 1 atom stereocenters. The predicted molar refractivity (Wildman–Crippen MR) is 88.2 cm³/mol. The molecule has 0 aliphatic carbocycles. The summed E-state index contributed by atoms with van der Waals surface area (Å²) in [5, 5.41) is 2.87. The summed E-state index contributed by atoms with van der Waals surface area (Å²) in [7, 11) is 0. The van der Waals surface area contributed by atoms with E-state index in [0.717, 1.165) is 31.5 Å². The minimum absolute atomic E-state index is 0.132. The summed E-state index contributed by atoms with van der Waals surface area (Å²) in [6.45, 7) is 2.06. The topological polar surface area (TPSA) is 84.7 Å². The average Bonchev–Trinajstić information content (AvgIpc) is 3.01. The molecular weight excluding hydrogens is 294 g/mol. The lowest BCUT2D eigenvalue weighted by Gasteiger charge is -2.26. The number of rotatable bonds is 4. The van der Waals surface area contributed by atoms with Gasteiger partial charge in [0.05, 0.1) is 6.04 Å². The minimum atomic E-state index is -0.532. The van der Waals surface area contributed by atoms with Crippen molar-refractivity contribution in [1.29, 1.82) is 0 Å². The van der Waals surface area contributed by atoms with Gasteiger partial charge in [0.25, 0.3) is 0 Å². The van der Waals surface area contributed by atoms with E-state index in [1.807, 2.05) is 24.3 Å². The zero-order valence-electron chi connectivity index (χ0n) is 13.2. The molecule has 0 aromatic heterocycles. The van der Waals surface area contributed by atoms with Crippen LogP contribution in [0.4, 0.5) is 11.4 Å². The molecule has 0 spiro atoms. The lowest BCUT2D eigenvalue weighted by Crippen LogP contribution is -2.44. The maximum absolute atomic E-state index is 12.4. The fourth-order valence-corrected chi connectivity index (χ4v) is 3.19. The summed E-state index contributed by atoms with van der Waals surface area (Å²) in [6.07, 6.45) is 3.10. The number of carbonyl (C=O) groups is 2. The number of hydrogen-bond donors (Lipinski definition) is 2. The third-order valence-electron chi connectivity index (χ3n) is 4.58. The van der Waals surface area contributed by atoms with Gasteiger partial charge < -0.3 is 20.7 Å². The Labute approximate surface area is 136 Å². The maximum Gasteiger partial charge on any atom is 0.241 e. The van der Waals surface area contributed by atoms with Crippen molar-refractivity contribution in [2.45, 2.75) is 31.7 Å². The van der Waals surface area contributed by atoms with Crippen LogP contribution in [0.15, 0.2) is 24.3 Å². The molecule has 0 radical (unpaired) electrons. The van der Waals surface area contributed by atoms with E-state index in [0.29, 0.717) is 25.3 Å². The van der Waals surface area contributed by atoms with Crippen LogP contribution >= 0.6 is 0 Å². The van der Waals surface area contributed by atoms with Crippen LogP contribution in [0, 0.1) is 5.92 Å². The minimum Gasteiger partial charge on any atom is -0.381 e. The SMILES string of the molecule is NC(C(=O)Nc1cccc(N2CCCC2=O)c1)C1CCOCC1. The Bertz CT molecular complexity index is 584. The van der Waals surface area contributed by atoms with Crippen LogP contribution in [0.25, 0.3) is 0 Å². The van der Waals surface area contributed by atoms with Crippen molar-refractivity contribution >= 4 is 23.2 Å². The molecule has 1 aromatic rings. The third kappa shape index (κ3) is 3.71. The molecule has 23 heavy (non-hydrogen) atoms. The summed E-state index contributed by atoms with van der Waals surface area (Å²) in [6, 6.07) is 6.85. The molecule has 1 unspecified atom stereocenters. The van der Waals surface area contributed by atoms with Crippen LogP contribution in [0.3, 0.4) is 0 Å². The Balaban J connectivity index is 1.65. The zero-order valence-corrected chi connectivity index (χ0v) is 13.2. The van der Waals surface area contributed by atoms with E-state index >= 15 is 0 Å². The normalized spacial score (nSPS) is 20.6. The van der Waals surface area contributed by atoms with Gasteiger partial charge in [-0.2, -0.15) is 0 Å². The number of nitrogens with one attached hydrogen (secondary N) is 1. The van der Waals surface area contributed by atoms with E-state index in [-0.39, 0.29) is 17.7 Å². The van der Waals surface area contributed by atoms with Crippen molar-refractivity contribution in [3.05, 3.63) is 24.3 Å². The first-order valence-corrected chi connectivity index (χ1v) is 8.20. The quantitative estimate of drug-likeness (QED) is 0.881. The first-order valence-electron chi connectivity index (χ1n) is 8.20. The summed E-state index contributed by atoms with van der Waals surface area (Å²) in [4.78, 5) is 25.9. The first-order chi connectivity index (χ1) is 11.1. The van der Waals surface area contributed by atoms with E-state index in [1.54, 1.807) is 4.90 Å². The van der Waals surface area contributed by atoms with E-state index in [1.165, 1.54) is 0 Å². The average molecular weight is 317 g/mol. The van der Waals surface area contributed by atoms with Crippen LogP contribution in [-0.2, 0) is 14.3 Å². The second-order valence-electron chi connectivity index (χ2n) is 6.16. The van der Waals surface area contributed by atoms with Gasteiger partial charge in [0.2, 0.25) is 11.8 Å². The fourth-order valence-electron chi connectivity index (χ4n) is 3.19. The molecule has 3 N–H and O–H groups in total. The van der Waals surface area contributed by atoms with Gasteiger partial charge in [-0.05, 0) is 43.4 Å². The lowest BCUT2D eigenvalue weighted by atomic mass is 9.92. The summed E-state index contributed by atoms with van der Waals surface area (Å²) < 4.78 is 5.31. The van der Waals surface area contributed by atoms with Gasteiger partial charge in [0.15, 0.2) is 0 Å². The first kappa shape index (κ1) is 16.0. The zero-order chi connectivity index (χ0) is 16.2. The molecule has 2 aliphatic heterocycles. The predicted octanol–water partition coefficient (Wildman–Crippen LogP) is 1.51. The number of ether oxygens (including phenoxy) is 1. The van der Waals surface area contributed by atoms with Crippen LogP contribution in [0.5, 0.6) is 0 Å². The molecule has 2 heterocycles. The van der Waals surface area contributed by atoms with Gasteiger partial charge in [-0.15, -0.1) is 0 Å². The Hall–Kier alpha value is -1.92. The van der Waals surface area contributed by atoms with Gasteiger partial charge in [0, 0.05) is 37.6 Å². The lowest BCUT2D eigenvalue weighted by molar-refractivity contribution is -0.119. The van der Waals surface area contributed by atoms with E-state index < -0.39 is 6.04 Å². The highest BCUT2D eigenvalue weighted by Crippen LogP contribution is 2.25. The number of carbonyl (C=O) groups excluding carboxylic acids is 2. The molecule has 2 amide bonds. The molecule has 2 saturated heterocycles. The fraction of sp³-hybridized carbons (Fsp3) is 0.529. The molecule has 1 aromatic carbocycles. The Kier molecular flexibility index (Phi) is 4.93. The Morgan fingerprint density at radius 1 is 1.35 bits per heavy atom. The highest BCUT2D eigenvalue weighted by molar-refractivity contribution is 5.98. The van der Waals surface area contributed by atoms with Gasteiger partial charge in [-0.3, -0.25) is 9.59 Å². The summed E-state index contributed by atoms with van der Waals surface area (Å²) >= 11 is 0. The monoisotopic (exact) mass is 317 g/mol. The summed E-state index contributed by atoms with van der Waals surface area (Å²) in [5.41, 5.74) is 7.59. The van der Waals surface area contributed by atoms with E-state index in [4.69, 9.17) is 10.5 Å². The van der Waals surface area contributed by atoms with Crippen molar-refractivity contribution in [3.63, 3.8) is 0 Å². The molecule has 0 bridgehead atoms. The number of benzene rings is 1. The van der Waals surface area contributed by atoms with Crippen LogP contribution in [0.2, 0.25) is 0 Å². The van der Waals surface area contributed by atoms with Gasteiger partial charge in [0.1, 0.15) is 0 Å². The van der Waals surface area contributed by atoms with E-state index in [2.05, 4.69) is 5.32 Å². The molecule has 0 saturated carbocycles. The standard InChI is InChI=1S/C17H23N3O3/c18-16(12-6-9-23-10-7-12)17(22)19-13-3-1-4-14(11-13)20-8-2-5-15(20)21/h1,3-4,11-12,16H,2,5-10,18H2,(H,19,22). The van der Waals surface area contributed by atoms with Gasteiger partial charge in [-0.1, -0.05) is 6.07 Å². The number of hydrogen-bond acceptors (Lipinski definition) is 4. The number of nitrogens with two attached hydrogens (primary N) is 1. The van der Waals surface area contributed by atoms with Crippen LogP contribution < -0.4 is 16.0 Å². The van der Waals surface area contributed by atoms with Crippen molar-refractivity contribution in [2.75, 3.05) is 30.0 Å². The van der Waals surface area contributed by atoms with Crippen molar-refractivity contribution < 1.29 is 14.3 Å². The molecule has 6 nitrogen and oxygen atoms in total.